The van der Waals surface area contributed by atoms with Crippen LogP contribution in [0.5, 0.6) is 0 Å². The summed E-state index contributed by atoms with van der Waals surface area (Å²) in [5.74, 6) is 0.0185. The van der Waals surface area contributed by atoms with Gasteiger partial charge in [0.05, 0.1) is 0 Å². The fourth-order valence-corrected chi connectivity index (χ4v) is 2.69. The van der Waals surface area contributed by atoms with Gasteiger partial charge in [-0.2, -0.15) is 0 Å². The molecule has 4 heteroatoms. The number of hydrogen-bond acceptors (Lipinski definition) is 3. The van der Waals surface area contributed by atoms with E-state index in [2.05, 4.69) is 34.1 Å². The highest BCUT2D eigenvalue weighted by Crippen LogP contribution is 2.21. The number of nitrogens with zero attached hydrogens (tertiary/aromatic N) is 2. The molecule has 4 nitrogen and oxygen atoms in total. The third-order valence-electron chi connectivity index (χ3n) is 3.81. The molecule has 1 aliphatic heterocycles. The smallest absolute Gasteiger partial charge is 0.141 e. The number of nitrogens with one attached hydrogen (secondary N) is 1. The Morgan fingerprint density at radius 3 is 2.35 bits per heavy atom. The average molecular weight is 266 g/mol. The predicted octanol–water partition coefficient (Wildman–Crippen LogP) is 1.97. The second-order valence-electron chi connectivity index (χ2n) is 5.07. The molecule has 1 aromatic carbocycles. The molecule has 0 spiro atoms. The van der Waals surface area contributed by atoms with Gasteiger partial charge < -0.3 is 10.6 Å². The number of benzene rings is 1. The maximum Gasteiger partial charge on any atom is 0.141 e. The maximum absolute atomic E-state index is 7.49. The highest BCUT2D eigenvalue weighted by molar-refractivity contribution is 5.93. The maximum atomic E-state index is 7.49. The Labute approximate surface area is 118 Å². The fourth-order valence-electron chi connectivity index (χ4n) is 2.69. The van der Waals surface area contributed by atoms with Crippen LogP contribution in [-0.2, 0) is 12.8 Å². The number of nitrogens with two attached hydrogens (primary N) is 1. The van der Waals surface area contributed by atoms with Crippen molar-refractivity contribution in [2.45, 2.75) is 12.8 Å². The monoisotopic (exact) mass is 266 g/mol. The van der Waals surface area contributed by atoms with Crippen LogP contribution >= 0.6 is 0 Å². The van der Waals surface area contributed by atoms with Crippen LogP contribution in [0.1, 0.15) is 16.8 Å². The lowest BCUT2D eigenvalue weighted by molar-refractivity contribution is 0.804. The number of pyridine rings is 1. The molecule has 3 rings (SSSR count). The number of nitrogen functional groups attached to an aromatic ring is 1. The minimum atomic E-state index is 0.0185. The first kappa shape index (κ1) is 12.7. The molecule has 1 aliphatic rings. The molecule has 3 N–H and O–H groups in total. The van der Waals surface area contributed by atoms with E-state index in [1.165, 1.54) is 11.1 Å². The second-order valence-corrected chi connectivity index (χ2v) is 5.07. The zero-order valence-electron chi connectivity index (χ0n) is 11.3. The van der Waals surface area contributed by atoms with Crippen molar-refractivity contribution in [1.82, 2.24) is 4.98 Å². The van der Waals surface area contributed by atoms with Crippen LogP contribution in [0.15, 0.2) is 42.6 Å². The molecule has 0 bridgehead atoms. The van der Waals surface area contributed by atoms with E-state index in [0.717, 1.165) is 31.6 Å². The minimum Gasteiger partial charge on any atom is -0.382 e. The minimum absolute atomic E-state index is 0.0185. The third-order valence-corrected chi connectivity index (χ3v) is 3.81. The molecule has 0 amide bonds. The topological polar surface area (TPSA) is 66.0 Å². The predicted molar refractivity (Wildman–Crippen MR) is 81.3 cm³/mol. The van der Waals surface area contributed by atoms with E-state index in [1.54, 1.807) is 6.20 Å². The summed E-state index contributed by atoms with van der Waals surface area (Å²) in [6.07, 6.45) is 3.83. The van der Waals surface area contributed by atoms with E-state index in [-0.39, 0.29) is 5.84 Å². The Morgan fingerprint density at radius 2 is 1.75 bits per heavy atom. The number of fused-ring (bicyclic) bond motifs is 1. The lowest BCUT2D eigenvalue weighted by Gasteiger charge is -2.22. The Kier molecular flexibility index (Phi) is 3.37. The molecular formula is C16H18N4. The van der Waals surface area contributed by atoms with Crippen LogP contribution in [0.2, 0.25) is 0 Å². The molecular weight excluding hydrogens is 248 g/mol. The van der Waals surface area contributed by atoms with Gasteiger partial charge in [0.1, 0.15) is 11.5 Å². The number of rotatable bonds is 2. The van der Waals surface area contributed by atoms with E-state index in [0.29, 0.717) is 5.69 Å². The Hall–Kier alpha value is -2.36. The molecule has 0 aliphatic carbocycles. The van der Waals surface area contributed by atoms with Crippen molar-refractivity contribution < 1.29 is 0 Å². The zero-order chi connectivity index (χ0) is 13.9. The van der Waals surface area contributed by atoms with E-state index in [1.807, 2.05) is 12.1 Å². The van der Waals surface area contributed by atoms with Gasteiger partial charge in [-0.1, -0.05) is 24.3 Å². The summed E-state index contributed by atoms with van der Waals surface area (Å²) in [4.78, 5) is 6.46. The molecule has 2 aromatic rings. The molecule has 0 fully saturated rings. The number of anilines is 1. The molecule has 0 radical (unpaired) electrons. The Balaban J connectivity index is 1.83. The molecule has 0 saturated carbocycles. The van der Waals surface area contributed by atoms with Crippen molar-refractivity contribution >= 4 is 11.5 Å². The molecule has 1 aromatic heterocycles. The normalized spacial score (nSPS) is 14.5. The summed E-state index contributed by atoms with van der Waals surface area (Å²) >= 11 is 0. The van der Waals surface area contributed by atoms with E-state index in [4.69, 9.17) is 11.1 Å². The number of hydrogen-bond donors (Lipinski definition) is 2. The van der Waals surface area contributed by atoms with E-state index < -0.39 is 0 Å². The highest BCUT2D eigenvalue weighted by Gasteiger charge is 2.14. The van der Waals surface area contributed by atoms with Gasteiger partial charge in [-0.25, -0.2) is 0 Å². The quantitative estimate of drug-likeness (QED) is 0.645. The van der Waals surface area contributed by atoms with Gasteiger partial charge in [-0.3, -0.25) is 10.4 Å². The van der Waals surface area contributed by atoms with Gasteiger partial charge >= 0.3 is 0 Å². The number of aromatic nitrogens is 1. The molecule has 20 heavy (non-hydrogen) atoms. The lowest BCUT2D eigenvalue weighted by Crippen LogP contribution is -2.26. The van der Waals surface area contributed by atoms with Gasteiger partial charge in [-0.15, -0.1) is 0 Å². The fraction of sp³-hybridized carbons (Fsp3) is 0.250. The van der Waals surface area contributed by atoms with Crippen LogP contribution in [-0.4, -0.2) is 23.9 Å². The molecule has 102 valence electrons. The lowest BCUT2D eigenvalue weighted by atomic mass is 10.0. The second kappa shape index (κ2) is 5.33. The molecule has 0 atom stereocenters. The first-order valence-corrected chi connectivity index (χ1v) is 6.86. The van der Waals surface area contributed by atoms with Crippen molar-refractivity contribution in [2.24, 2.45) is 5.73 Å². The summed E-state index contributed by atoms with van der Waals surface area (Å²) in [5.41, 5.74) is 10.0. The Morgan fingerprint density at radius 1 is 1.10 bits per heavy atom. The van der Waals surface area contributed by atoms with Crippen molar-refractivity contribution in [3.05, 3.63) is 59.4 Å². The van der Waals surface area contributed by atoms with Crippen molar-refractivity contribution in [1.29, 1.82) is 5.41 Å². The summed E-state index contributed by atoms with van der Waals surface area (Å²) in [6, 6.07) is 12.5. The SMILES string of the molecule is N=C(N)c1cc(N2CCc3ccccc3CC2)ccn1. The molecule has 0 saturated heterocycles. The van der Waals surface area contributed by atoms with Gasteiger partial charge in [0, 0.05) is 25.0 Å². The summed E-state index contributed by atoms with van der Waals surface area (Å²) in [7, 11) is 0. The third kappa shape index (κ3) is 2.50. The van der Waals surface area contributed by atoms with Crippen LogP contribution in [0.25, 0.3) is 0 Å². The van der Waals surface area contributed by atoms with Crippen LogP contribution in [0, 0.1) is 5.41 Å². The van der Waals surface area contributed by atoms with E-state index >= 15 is 0 Å². The standard InChI is InChI=1S/C16H18N4/c17-16(18)15-11-14(5-8-19-15)20-9-6-12-3-1-2-4-13(12)7-10-20/h1-5,8,11H,6-7,9-10H2,(H3,17,18). The van der Waals surface area contributed by atoms with Gasteiger partial charge in [0.15, 0.2) is 0 Å². The Bertz CT molecular complexity index is 609. The average Bonchev–Trinajstić information content (AvgIpc) is 2.70. The van der Waals surface area contributed by atoms with Crippen molar-refractivity contribution in [3.8, 4) is 0 Å². The largest absolute Gasteiger partial charge is 0.382 e. The van der Waals surface area contributed by atoms with Gasteiger partial charge in [0.25, 0.3) is 0 Å². The first-order valence-electron chi connectivity index (χ1n) is 6.86. The highest BCUT2D eigenvalue weighted by atomic mass is 15.1. The summed E-state index contributed by atoms with van der Waals surface area (Å²) < 4.78 is 0. The number of amidine groups is 1. The summed E-state index contributed by atoms with van der Waals surface area (Å²) in [6.45, 7) is 1.97. The summed E-state index contributed by atoms with van der Waals surface area (Å²) in [5, 5.41) is 7.49. The van der Waals surface area contributed by atoms with Crippen LogP contribution in [0.4, 0.5) is 5.69 Å². The van der Waals surface area contributed by atoms with Gasteiger partial charge in [-0.05, 0) is 36.1 Å². The first-order chi connectivity index (χ1) is 9.74. The van der Waals surface area contributed by atoms with Crippen LogP contribution < -0.4 is 10.6 Å². The van der Waals surface area contributed by atoms with Crippen LogP contribution in [0.3, 0.4) is 0 Å². The van der Waals surface area contributed by atoms with E-state index in [9.17, 15) is 0 Å². The van der Waals surface area contributed by atoms with Crippen molar-refractivity contribution in [2.75, 3.05) is 18.0 Å². The van der Waals surface area contributed by atoms with Crippen molar-refractivity contribution in [3.63, 3.8) is 0 Å². The zero-order valence-corrected chi connectivity index (χ0v) is 11.3. The molecule has 0 unspecified atom stereocenters. The molecule has 2 heterocycles. The van der Waals surface area contributed by atoms with Gasteiger partial charge in [0.2, 0.25) is 0 Å².